The number of aromatic nitrogens is 6. The summed E-state index contributed by atoms with van der Waals surface area (Å²) < 4.78 is 15.5. The van der Waals surface area contributed by atoms with Crippen molar-refractivity contribution in [2.75, 3.05) is 44.2 Å². The molecule has 0 spiro atoms. The van der Waals surface area contributed by atoms with Crippen molar-refractivity contribution in [1.82, 2.24) is 33.6 Å². The van der Waals surface area contributed by atoms with Crippen LogP contribution < -0.4 is 10.5 Å². The number of rotatable bonds is 7. The molecule has 1 aliphatic rings. The highest BCUT2D eigenvalue weighted by Crippen LogP contribution is 2.23. The third-order valence-electron chi connectivity index (χ3n) is 6.41. The molecule has 0 aliphatic carbocycles. The first-order valence-electron chi connectivity index (χ1n) is 12.0. The molecule has 1 fully saturated rings. The van der Waals surface area contributed by atoms with Gasteiger partial charge in [-0.2, -0.15) is 18.8 Å². The Balaban J connectivity index is 1.20. The molecule has 0 bridgehead atoms. The van der Waals surface area contributed by atoms with E-state index in [1.54, 1.807) is 6.07 Å². The molecule has 1 N–H and O–H groups in total. The van der Waals surface area contributed by atoms with E-state index < -0.39 is 0 Å². The lowest BCUT2D eigenvalue weighted by molar-refractivity contribution is 0.186. The Labute approximate surface area is 215 Å². The third kappa shape index (κ3) is 4.99. The van der Waals surface area contributed by atoms with Crippen LogP contribution in [0.1, 0.15) is 5.56 Å². The first kappa shape index (κ1) is 23.4. The number of hydrogen-bond donors (Lipinski definition) is 1. The number of hydrogen-bond acceptors (Lipinski definition) is 11. The van der Waals surface area contributed by atoms with Gasteiger partial charge in [-0.1, -0.05) is 29.4 Å². The molecule has 2 aromatic carbocycles. The molecule has 1 saturated heterocycles. The van der Waals surface area contributed by atoms with Crippen LogP contribution in [0.5, 0.6) is 0 Å². The molecular weight excluding hydrogens is 492 g/mol. The summed E-state index contributed by atoms with van der Waals surface area (Å²) >= 11 is 1.17. The van der Waals surface area contributed by atoms with E-state index in [4.69, 9.17) is 9.63 Å². The van der Waals surface area contributed by atoms with Gasteiger partial charge < -0.3 is 14.5 Å². The molecule has 3 aromatic heterocycles. The van der Waals surface area contributed by atoms with E-state index >= 15 is 0 Å². The van der Waals surface area contributed by atoms with Gasteiger partial charge in [0.05, 0.1) is 30.6 Å². The predicted molar refractivity (Wildman–Crippen MR) is 139 cm³/mol. The molecular formula is C25H24N8O3S. The molecule has 37 heavy (non-hydrogen) atoms. The fourth-order valence-electron chi connectivity index (χ4n) is 4.40. The van der Waals surface area contributed by atoms with Gasteiger partial charge >= 0.3 is 6.01 Å². The maximum Gasteiger partial charge on any atom is 0.324 e. The molecule has 12 heteroatoms. The van der Waals surface area contributed by atoms with Gasteiger partial charge in [0.1, 0.15) is 11.0 Å². The monoisotopic (exact) mass is 516 g/mol. The largest absolute Gasteiger partial charge is 0.395 e. The molecule has 11 nitrogen and oxygen atoms in total. The highest BCUT2D eigenvalue weighted by Gasteiger charge is 2.21. The van der Waals surface area contributed by atoms with Crippen LogP contribution in [0.4, 0.5) is 6.01 Å². The molecule has 6 rings (SSSR count). The maximum atomic E-state index is 12.6. The Morgan fingerprint density at radius 3 is 2.68 bits per heavy atom. The maximum absolute atomic E-state index is 12.6. The lowest BCUT2D eigenvalue weighted by Gasteiger charge is -2.32. The van der Waals surface area contributed by atoms with Crippen LogP contribution >= 0.6 is 11.7 Å². The van der Waals surface area contributed by atoms with Crippen LogP contribution in [0.3, 0.4) is 0 Å². The van der Waals surface area contributed by atoms with Gasteiger partial charge in [-0.15, -0.1) is 0 Å². The van der Waals surface area contributed by atoms with E-state index in [0.29, 0.717) is 30.6 Å². The van der Waals surface area contributed by atoms with Crippen LogP contribution in [0.2, 0.25) is 0 Å². The SMILES string of the molecule is O=c1ccc(-c2ccc3nsnc3c2)nn1Cc1cccc(-c2noc(N3CCN(CCO)CC3)n2)c1. The summed E-state index contributed by atoms with van der Waals surface area (Å²) in [5.74, 6) is 0.494. The Kier molecular flexibility index (Phi) is 6.43. The van der Waals surface area contributed by atoms with E-state index in [2.05, 4.69) is 33.8 Å². The number of aliphatic hydroxyl groups is 1. The summed E-state index contributed by atoms with van der Waals surface area (Å²) in [6, 6.07) is 17.2. The van der Waals surface area contributed by atoms with Gasteiger partial charge in [0.2, 0.25) is 5.82 Å². The number of fused-ring (bicyclic) bond motifs is 1. The van der Waals surface area contributed by atoms with E-state index in [1.807, 2.05) is 42.5 Å². The van der Waals surface area contributed by atoms with E-state index in [-0.39, 0.29) is 12.2 Å². The van der Waals surface area contributed by atoms with E-state index in [9.17, 15) is 4.79 Å². The Morgan fingerprint density at radius 2 is 1.81 bits per heavy atom. The Bertz CT molecular complexity index is 1590. The second-order valence-corrected chi connectivity index (χ2v) is 9.36. The molecule has 0 unspecified atom stereocenters. The van der Waals surface area contributed by atoms with Crippen molar-refractivity contribution in [1.29, 1.82) is 0 Å². The van der Waals surface area contributed by atoms with Crippen LogP contribution in [-0.4, -0.2) is 78.0 Å². The van der Waals surface area contributed by atoms with Crippen molar-refractivity contribution < 1.29 is 9.63 Å². The quantitative estimate of drug-likeness (QED) is 0.344. The fourth-order valence-corrected chi connectivity index (χ4v) is 4.92. The number of piperazine rings is 1. The summed E-state index contributed by atoms with van der Waals surface area (Å²) in [7, 11) is 0. The lowest BCUT2D eigenvalue weighted by Crippen LogP contribution is -2.47. The molecule has 0 amide bonds. The molecule has 188 valence electrons. The van der Waals surface area contributed by atoms with Crippen molar-refractivity contribution in [3.8, 4) is 22.6 Å². The van der Waals surface area contributed by atoms with E-state index in [1.165, 1.54) is 22.5 Å². The predicted octanol–water partition coefficient (Wildman–Crippen LogP) is 2.13. The van der Waals surface area contributed by atoms with Crippen molar-refractivity contribution in [2.24, 2.45) is 0 Å². The van der Waals surface area contributed by atoms with E-state index in [0.717, 1.165) is 53.9 Å². The van der Waals surface area contributed by atoms with Crippen molar-refractivity contribution in [3.05, 3.63) is 70.5 Å². The molecule has 0 radical (unpaired) electrons. The number of anilines is 1. The normalized spacial score (nSPS) is 14.5. The van der Waals surface area contributed by atoms with Crippen LogP contribution in [0.15, 0.2) is 63.9 Å². The summed E-state index contributed by atoms with van der Waals surface area (Å²) in [4.78, 5) is 21.5. The van der Waals surface area contributed by atoms with Crippen LogP contribution in [0, 0.1) is 0 Å². The standard InChI is InChI=1S/C25H24N8O3S/c34-13-12-31-8-10-32(11-9-31)25-26-24(28-36-25)19-3-1-2-17(14-19)16-33-23(35)7-6-20(27-33)18-4-5-21-22(15-18)30-37-29-21/h1-7,14-15,34H,8-13,16H2. The number of aliphatic hydroxyl groups excluding tert-OH is 1. The summed E-state index contributed by atoms with van der Waals surface area (Å²) in [5, 5.41) is 17.9. The Morgan fingerprint density at radius 1 is 0.946 bits per heavy atom. The average Bonchev–Trinajstić information content (AvgIpc) is 3.61. The second-order valence-electron chi connectivity index (χ2n) is 8.84. The van der Waals surface area contributed by atoms with Crippen molar-refractivity contribution in [3.63, 3.8) is 0 Å². The smallest absolute Gasteiger partial charge is 0.324 e. The Hall–Kier alpha value is -4.00. The number of benzene rings is 2. The number of β-amino-alcohol motifs (C(OH)–C–C–N with tert-alkyl or cyclic N) is 1. The average molecular weight is 517 g/mol. The molecule has 0 saturated carbocycles. The minimum Gasteiger partial charge on any atom is -0.395 e. The molecule has 1 aliphatic heterocycles. The van der Waals surface area contributed by atoms with Gasteiger partial charge in [-0.3, -0.25) is 9.69 Å². The number of nitrogens with zero attached hydrogens (tertiary/aromatic N) is 8. The summed E-state index contributed by atoms with van der Waals surface area (Å²) in [6.07, 6.45) is 0. The van der Waals surface area contributed by atoms with Gasteiger partial charge in [-0.05, 0) is 29.8 Å². The first-order valence-corrected chi connectivity index (χ1v) is 12.7. The minimum absolute atomic E-state index is 0.160. The second kappa shape index (κ2) is 10.2. The van der Waals surface area contributed by atoms with Gasteiger partial charge in [-0.25, -0.2) is 4.68 Å². The fraction of sp³-hybridized carbons (Fsp3) is 0.280. The van der Waals surface area contributed by atoms with Crippen LogP contribution in [-0.2, 0) is 6.54 Å². The van der Waals surface area contributed by atoms with Crippen molar-refractivity contribution >= 4 is 28.8 Å². The van der Waals surface area contributed by atoms with Gasteiger partial charge in [0, 0.05) is 49.9 Å². The molecule has 5 aromatic rings. The van der Waals surface area contributed by atoms with Crippen molar-refractivity contribution in [2.45, 2.75) is 6.54 Å². The highest BCUT2D eigenvalue weighted by molar-refractivity contribution is 7.00. The highest BCUT2D eigenvalue weighted by atomic mass is 32.1. The third-order valence-corrected chi connectivity index (χ3v) is 6.96. The summed E-state index contributed by atoms with van der Waals surface area (Å²) in [5.41, 5.74) is 4.72. The zero-order valence-electron chi connectivity index (χ0n) is 19.9. The van der Waals surface area contributed by atoms with Crippen LogP contribution in [0.25, 0.3) is 33.7 Å². The molecule has 0 atom stereocenters. The molecule has 4 heterocycles. The summed E-state index contributed by atoms with van der Waals surface area (Å²) in [6.45, 7) is 4.34. The van der Waals surface area contributed by atoms with Gasteiger partial charge in [0.15, 0.2) is 0 Å². The zero-order valence-corrected chi connectivity index (χ0v) is 20.7. The van der Waals surface area contributed by atoms with Gasteiger partial charge in [0.25, 0.3) is 5.56 Å². The topological polar surface area (TPSA) is 126 Å². The zero-order chi connectivity index (χ0) is 25.2. The first-order chi connectivity index (χ1) is 18.2. The lowest BCUT2D eigenvalue weighted by atomic mass is 10.1. The minimum atomic E-state index is -0.187.